The van der Waals surface area contributed by atoms with Crippen molar-refractivity contribution in [2.45, 2.75) is 39.7 Å². The van der Waals surface area contributed by atoms with Gasteiger partial charge in [-0.05, 0) is 48.9 Å². The summed E-state index contributed by atoms with van der Waals surface area (Å²) in [7, 11) is 0. The van der Waals surface area contributed by atoms with Crippen molar-refractivity contribution in [1.82, 2.24) is 0 Å². The van der Waals surface area contributed by atoms with Gasteiger partial charge in [0.25, 0.3) is 0 Å². The van der Waals surface area contributed by atoms with Gasteiger partial charge in [0.1, 0.15) is 11.6 Å². The van der Waals surface area contributed by atoms with Gasteiger partial charge in [-0.15, -0.1) is 6.42 Å². The van der Waals surface area contributed by atoms with Crippen molar-refractivity contribution in [2.24, 2.45) is 0 Å². The van der Waals surface area contributed by atoms with Crippen LogP contribution < -0.4 is 4.74 Å². The molecule has 0 unspecified atom stereocenters. The third-order valence-electron chi connectivity index (χ3n) is 3.37. The fourth-order valence-electron chi connectivity index (χ4n) is 2.41. The van der Waals surface area contributed by atoms with Gasteiger partial charge < -0.3 is 9.47 Å². The molecule has 0 bridgehead atoms. The van der Waals surface area contributed by atoms with Crippen LogP contribution in [0.2, 0.25) is 0 Å². The number of halogens is 1. The molecule has 0 aliphatic rings. The van der Waals surface area contributed by atoms with Crippen molar-refractivity contribution < 1.29 is 18.7 Å². The SMILES string of the molecule is C#Cc1c(F)ccc2cc(OC(=O)OC(C)C)cc(C(C)C)c12. The molecular weight excluding hydrogens is 295 g/mol. The first-order chi connectivity index (χ1) is 10.8. The van der Waals surface area contributed by atoms with Gasteiger partial charge in [0.15, 0.2) is 0 Å². The van der Waals surface area contributed by atoms with E-state index in [1.165, 1.54) is 6.07 Å². The summed E-state index contributed by atoms with van der Waals surface area (Å²) < 4.78 is 24.2. The van der Waals surface area contributed by atoms with Crippen molar-refractivity contribution >= 4 is 16.9 Å². The number of terminal acetylenes is 1. The maximum Gasteiger partial charge on any atom is 0.514 e. The third kappa shape index (κ3) is 3.62. The topological polar surface area (TPSA) is 35.5 Å². The summed E-state index contributed by atoms with van der Waals surface area (Å²) in [4.78, 5) is 11.7. The zero-order valence-corrected chi connectivity index (χ0v) is 13.6. The third-order valence-corrected chi connectivity index (χ3v) is 3.37. The van der Waals surface area contributed by atoms with E-state index in [0.29, 0.717) is 11.1 Å². The molecule has 0 heterocycles. The largest absolute Gasteiger partial charge is 0.514 e. The van der Waals surface area contributed by atoms with E-state index in [1.807, 2.05) is 13.8 Å². The smallest absolute Gasteiger partial charge is 0.431 e. The summed E-state index contributed by atoms with van der Waals surface area (Å²) >= 11 is 0. The Kier molecular flexibility index (Phi) is 4.90. The molecule has 0 saturated heterocycles. The molecule has 2 rings (SSSR count). The summed E-state index contributed by atoms with van der Waals surface area (Å²) in [6, 6.07) is 6.30. The fourth-order valence-corrected chi connectivity index (χ4v) is 2.41. The lowest BCUT2D eigenvalue weighted by Gasteiger charge is -2.15. The van der Waals surface area contributed by atoms with Gasteiger partial charge in [-0.2, -0.15) is 0 Å². The monoisotopic (exact) mass is 314 g/mol. The lowest BCUT2D eigenvalue weighted by Crippen LogP contribution is -2.15. The predicted octanol–water partition coefficient (Wildman–Crippen LogP) is 5.01. The molecule has 0 spiro atoms. The number of carbonyl (C=O) groups excluding carboxylic acids is 1. The zero-order chi connectivity index (χ0) is 17.1. The molecule has 4 heteroatoms. The molecule has 0 radical (unpaired) electrons. The summed E-state index contributed by atoms with van der Waals surface area (Å²) in [5.74, 6) is 2.41. The fraction of sp³-hybridized carbons (Fsp3) is 0.316. The maximum absolute atomic E-state index is 14.0. The Bertz CT molecular complexity index is 785. The lowest BCUT2D eigenvalue weighted by atomic mass is 9.92. The number of rotatable bonds is 3. The number of benzene rings is 2. The normalized spacial score (nSPS) is 10.9. The first-order valence-corrected chi connectivity index (χ1v) is 7.44. The Balaban J connectivity index is 2.58. The average molecular weight is 314 g/mol. The zero-order valence-electron chi connectivity index (χ0n) is 13.6. The van der Waals surface area contributed by atoms with Crippen molar-refractivity contribution in [1.29, 1.82) is 0 Å². The molecule has 0 fully saturated rings. The van der Waals surface area contributed by atoms with E-state index in [4.69, 9.17) is 15.9 Å². The lowest BCUT2D eigenvalue weighted by molar-refractivity contribution is 0.0729. The Hall–Kier alpha value is -2.54. The van der Waals surface area contributed by atoms with E-state index < -0.39 is 12.0 Å². The van der Waals surface area contributed by atoms with Crippen LogP contribution in [0.1, 0.15) is 44.7 Å². The van der Waals surface area contributed by atoms with E-state index in [0.717, 1.165) is 10.9 Å². The molecule has 2 aromatic rings. The Morgan fingerprint density at radius 1 is 1.22 bits per heavy atom. The molecule has 3 nitrogen and oxygen atoms in total. The summed E-state index contributed by atoms with van der Waals surface area (Å²) in [5, 5.41) is 1.39. The second kappa shape index (κ2) is 6.70. The van der Waals surface area contributed by atoms with Crippen molar-refractivity contribution in [3.05, 3.63) is 41.2 Å². The predicted molar refractivity (Wildman–Crippen MR) is 88.2 cm³/mol. The van der Waals surface area contributed by atoms with E-state index in [9.17, 15) is 9.18 Å². The quantitative estimate of drug-likeness (QED) is 0.454. The van der Waals surface area contributed by atoms with Crippen LogP contribution in [0, 0.1) is 18.2 Å². The highest BCUT2D eigenvalue weighted by molar-refractivity contribution is 5.93. The summed E-state index contributed by atoms with van der Waals surface area (Å²) in [6.07, 6.45) is 4.43. The van der Waals surface area contributed by atoms with Crippen LogP contribution in [0.4, 0.5) is 9.18 Å². The second-order valence-corrected chi connectivity index (χ2v) is 5.85. The van der Waals surface area contributed by atoms with E-state index >= 15 is 0 Å². The Morgan fingerprint density at radius 2 is 1.91 bits per heavy atom. The minimum absolute atomic E-state index is 0.0797. The van der Waals surface area contributed by atoms with E-state index in [2.05, 4.69) is 5.92 Å². The number of hydrogen-bond donors (Lipinski definition) is 0. The van der Waals surface area contributed by atoms with E-state index in [-0.39, 0.29) is 17.6 Å². The standard InChI is InChI=1S/C19H19FO3/c1-6-15-17(20)8-7-13-9-14(23-19(21)22-12(4)5)10-16(11(2)3)18(13)15/h1,7-12H,2-5H3. The van der Waals surface area contributed by atoms with Gasteiger partial charge in [0.05, 0.1) is 11.7 Å². The van der Waals surface area contributed by atoms with Gasteiger partial charge in [0, 0.05) is 5.39 Å². The number of hydrogen-bond acceptors (Lipinski definition) is 3. The van der Waals surface area contributed by atoms with Crippen LogP contribution in [0.3, 0.4) is 0 Å². The molecule has 23 heavy (non-hydrogen) atoms. The molecule has 0 aliphatic heterocycles. The van der Waals surface area contributed by atoms with Gasteiger partial charge in [-0.3, -0.25) is 0 Å². The van der Waals surface area contributed by atoms with Crippen LogP contribution in [0.15, 0.2) is 24.3 Å². The van der Waals surface area contributed by atoms with Gasteiger partial charge in [0.2, 0.25) is 0 Å². The van der Waals surface area contributed by atoms with Crippen LogP contribution in [0.5, 0.6) is 5.75 Å². The van der Waals surface area contributed by atoms with Gasteiger partial charge in [-0.1, -0.05) is 25.8 Å². The van der Waals surface area contributed by atoms with Crippen molar-refractivity contribution in [3.8, 4) is 18.1 Å². The van der Waals surface area contributed by atoms with Gasteiger partial charge in [-0.25, -0.2) is 9.18 Å². The van der Waals surface area contributed by atoms with Crippen molar-refractivity contribution in [2.75, 3.05) is 0 Å². The van der Waals surface area contributed by atoms with Crippen LogP contribution in [-0.2, 0) is 4.74 Å². The minimum atomic E-state index is -0.770. The molecule has 120 valence electrons. The van der Waals surface area contributed by atoms with Crippen LogP contribution in [0.25, 0.3) is 10.8 Å². The van der Waals surface area contributed by atoms with Crippen molar-refractivity contribution in [3.63, 3.8) is 0 Å². The number of ether oxygens (including phenoxy) is 2. The molecule has 0 N–H and O–H groups in total. The first kappa shape index (κ1) is 16.8. The molecule has 0 saturated carbocycles. The highest BCUT2D eigenvalue weighted by atomic mass is 19.1. The molecule has 0 aromatic heterocycles. The van der Waals surface area contributed by atoms with E-state index in [1.54, 1.807) is 32.0 Å². The number of carbonyl (C=O) groups is 1. The van der Waals surface area contributed by atoms with Gasteiger partial charge >= 0.3 is 6.16 Å². The van der Waals surface area contributed by atoms with Crippen LogP contribution >= 0.6 is 0 Å². The Morgan fingerprint density at radius 3 is 2.48 bits per heavy atom. The van der Waals surface area contributed by atoms with Crippen LogP contribution in [-0.4, -0.2) is 12.3 Å². The number of fused-ring (bicyclic) bond motifs is 1. The molecular formula is C19H19FO3. The molecule has 0 atom stereocenters. The summed E-state index contributed by atoms with van der Waals surface area (Å²) in [6.45, 7) is 7.42. The highest BCUT2D eigenvalue weighted by Gasteiger charge is 2.16. The minimum Gasteiger partial charge on any atom is -0.431 e. The Labute approximate surface area is 135 Å². The molecule has 0 aliphatic carbocycles. The highest BCUT2D eigenvalue weighted by Crippen LogP contribution is 2.33. The summed E-state index contributed by atoms with van der Waals surface area (Å²) in [5.41, 5.74) is 1.05. The maximum atomic E-state index is 14.0. The first-order valence-electron chi connectivity index (χ1n) is 7.44. The second-order valence-electron chi connectivity index (χ2n) is 5.85. The average Bonchev–Trinajstić information content (AvgIpc) is 2.45. The molecule has 2 aromatic carbocycles. The molecule has 0 amide bonds.